The van der Waals surface area contributed by atoms with Crippen LogP contribution in [-0.2, 0) is 24.3 Å². The van der Waals surface area contributed by atoms with E-state index >= 15 is 0 Å². The van der Waals surface area contributed by atoms with Crippen molar-refractivity contribution in [3.05, 3.63) is 58.5 Å². The lowest BCUT2D eigenvalue weighted by Crippen LogP contribution is -2.38. The third-order valence-electron chi connectivity index (χ3n) is 5.27. The number of hydrogen-bond acceptors (Lipinski definition) is 8. The first-order chi connectivity index (χ1) is 16.3. The van der Waals surface area contributed by atoms with E-state index in [9.17, 15) is 18.3 Å². The molecule has 1 aromatic heterocycles. The number of rotatable bonds is 11. The molecule has 1 aliphatic heterocycles. The Morgan fingerprint density at radius 3 is 2.53 bits per heavy atom. The van der Waals surface area contributed by atoms with Crippen molar-refractivity contribution in [2.45, 2.75) is 23.5 Å². The summed E-state index contributed by atoms with van der Waals surface area (Å²) < 4.78 is 44.0. The molecule has 2 aromatic rings. The summed E-state index contributed by atoms with van der Waals surface area (Å²) in [5.74, 6) is 0.438. The van der Waals surface area contributed by atoms with E-state index in [2.05, 4.69) is 0 Å². The zero-order chi connectivity index (χ0) is 24.7. The van der Waals surface area contributed by atoms with Crippen molar-refractivity contribution < 1.29 is 32.5 Å². The van der Waals surface area contributed by atoms with Crippen molar-refractivity contribution in [1.29, 1.82) is 0 Å². The second kappa shape index (κ2) is 11.8. The molecule has 0 spiro atoms. The minimum atomic E-state index is -3.85. The van der Waals surface area contributed by atoms with Crippen molar-refractivity contribution >= 4 is 27.3 Å². The Bertz CT molecular complexity index is 1070. The number of methoxy groups -OCH3 is 1. The zero-order valence-electron chi connectivity index (χ0n) is 19.4. The second-order valence-corrected chi connectivity index (χ2v) is 10.7. The number of likely N-dealkylation sites (N-methyl/N-ethyl adjacent to an activating group) is 1. The fraction of sp³-hybridized carbons (Fsp3) is 0.435. The van der Waals surface area contributed by atoms with Crippen LogP contribution in [0.5, 0.6) is 5.75 Å². The Hall–Kier alpha value is -2.44. The van der Waals surface area contributed by atoms with Crippen LogP contribution in [0.25, 0.3) is 0 Å². The molecule has 34 heavy (non-hydrogen) atoms. The quantitative estimate of drug-likeness (QED) is 0.494. The summed E-state index contributed by atoms with van der Waals surface area (Å²) in [5.41, 5.74) is 0. The molecular weight excluding hydrogens is 480 g/mol. The molecule has 0 fully saturated rings. The Kier molecular flexibility index (Phi) is 9.09. The van der Waals surface area contributed by atoms with E-state index in [-0.39, 0.29) is 48.8 Å². The lowest BCUT2D eigenvalue weighted by molar-refractivity contribution is -0.151. The first-order valence-corrected chi connectivity index (χ1v) is 13.1. The largest absolute Gasteiger partial charge is 0.497 e. The summed E-state index contributed by atoms with van der Waals surface area (Å²) in [4.78, 5) is 15.1. The molecule has 0 radical (unpaired) electrons. The molecule has 186 valence electrons. The van der Waals surface area contributed by atoms with Gasteiger partial charge in [0.25, 0.3) is 5.91 Å². The van der Waals surface area contributed by atoms with E-state index in [1.165, 1.54) is 24.1 Å². The van der Waals surface area contributed by atoms with Crippen LogP contribution in [-0.4, -0.2) is 82.4 Å². The number of thiophene rings is 1. The van der Waals surface area contributed by atoms with Crippen LogP contribution in [0.4, 0.5) is 0 Å². The number of allylic oxidation sites excluding steroid dienone is 1. The van der Waals surface area contributed by atoms with E-state index in [1.54, 1.807) is 43.6 Å². The predicted molar refractivity (Wildman–Crippen MR) is 128 cm³/mol. The van der Waals surface area contributed by atoms with Gasteiger partial charge in [0.15, 0.2) is 5.76 Å². The first kappa shape index (κ1) is 26.2. The van der Waals surface area contributed by atoms with Crippen LogP contribution < -0.4 is 4.74 Å². The molecular formula is C23H30N2O7S2. The van der Waals surface area contributed by atoms with Gasteiger partial charge in [0.1, 0.15) is 5.75 Å². The number of hydrogen-bond donors (Lipinski definition) is 1. The van der Waals surface area contributed by atoms with E-state index in [0.29, 0.717) is 12.2 Å². The number of nitrogens with zero attached hydrogens (tertiary/aromatic N) is 2. The molecule has 1 N–H and O–H groups in total. The molecule has 0 unspecified atom stereocenters. The van der Waals surface area contributed by atoms with Gasteiger partial charge in [-0.1, -0.05) is 6.07 Å². The number of amides is 1. The van der Waals surface area contributed by atoms with Gasteiger partial charge in [-0.25, -0.2) is 8.42 Å². The Labute approximate surface area is 204 Å². The summed E-state index contributed by atoms with van der Waals surface area (Å²) >= 11 is 1.59. The average molecular weight is 511 g/mol. The third kappa shape index (κ3) is 6.36. The highest BCUT2D eigenvalue weighted by atomic mass is 32.2. The average Bonchev–Trinajstić information content (AvgIpc) is 3.38. The Morgan fingerprint density at radius 1 is 1.21 bits per heavy atom. The molecule has 0 bridgehead atoms. The minimum Gasteiger partial charge on any atom is -0.497 e. The van der Waals surface area contributed by atoms with Gasteiger partial charge >= 0.3 is 0 Å². The van der Waals surface area contributed by atoms with Crippen LogP contribution in [0.1, 0.15) is 17.2 Å². The predicted octanol–water partition coefficient (Wildman–Crippen LogP) is 2.26. The molecule has 1 amide bonds. The van der Waals surface area contributed by atoms with Crippen molar-refractivity contribution in [2.75, 3.05) is 47.5 Å². The monoisotopic (exact) mass is 510 g/mol. The Balaban J connectivity index is 1.68. The molecule has 0 aliphatic carbocycles. The lowest BCUT2D eigenvalue weighted by atomic mass is 9.99. The highest BCUT2D eigenvalue weighted by Gasteiger charge is 2.31. The van der Waals surface area contributed by atoms with Gasteiger partial charge in [-0.15, -0.1) is 11.3 Å². The van der Waals surface area contributed by atoms with E-state index < -0.39 is 16.3 Å². The van der Waals surface area contributed by atoms with Crippen molar-refractivity contribution in [2.24, 2.45) is 0 Å². The summed E-state index contributed by atoms with van der Waals surface area (Å²) in [6.45, 7) is -0.370. The number of aliphatic hydroxyl groups excluding tert-OH is 1. The molecule has 0 saturated heterocycles. The molecule has 1 aliphatic rings. The highest BCUT2D eigenvalue weighted by Crippen LogP contribution is 2.34. The van der Waals surface area contributed by atoms with Crippen molar-refractivity contribution in [3.63, 3.8) is 0 Å². The van der Waals surface area contributed by atoms with Gasteiger partial charge in [0.2, 0.25) is 16.3 Å². The van der Waals surface area contributed by atoms with Gasteiger partial charge in [-0.2, -0.15) is 4.31 Å². The molecule has 2 heterocycles. The highest BCUT2D eigenvalue weighted by molar-refractivity contribution is 7.89. The van der Waals surface area contributed by atoms with Crippen LogP contribution >= 0.6 is 11.3 Å². The van der Waals surface area contributed by atoms with Gasteiger partial charge in [0, 0.05) is 44.4 Å². The molecule has 1 aromatic carbocycles. The van der Waals surface area contributed by atoms with E-state index in [0.717, 1.165) is 9.18 Å². The van der Waals surface area contributed by atoms with E-state index in [1.807, 2.05) is 17.5 Å². The maximum Gasteiger partial charge on any atom is 0.288 e. The maximum atomic E-state index is 13.1. The summed E-state index contributed by atoms with van der Waals surface area (Å²) in [6, 6.07) is 9.99. The lowest BCUT2D eigenvalue weighted by Gasteiger charge is -2.30. The normalized spacial score (nSPS) is 18.3. The van der Waals surface area contributed by atoms with Crippen LogP contribution in [0, 0.1) is 0 Å². The number of benzene rings is 1. The van der Waals surface area contributed by atoms with Crippen LogP contribution in [0.15, 0.2) is 58.5 Å². The maximum absolute atomic E-state index is 13.1. The van der Waals surface area contributed by atoms with Gasteiger partial charge < -0.3 is 24.2 Å². The van der Waals surface area contributed by atoms with Gasteiger partial charge in [-0.05, 0) is 41.8 Å². The standard InChI is InChI=1S/C23H30N2O7S2/c1-24(2)23(27)20-15-17(21-5-4-14-33-21)16-22(32-20)31-13-11-25(10-12-26)34(28,29)19-8-6-18(30-3)7-9-19/h4-9,14-15,17,22,26H,10-13,16H2,1-3H3/t17-,22+/m1/s1. The SMILES string of the molecule is COc1ccc(S(=O)(=O)N(CCO)CCO[C@@H]2C[C@H](c3cccs3)C=C(C(=O)N(C)C)O2)cc1. The van der Waals surface area contributed by atoms with Gasteiger partial charge in [-0.3, -0.25) is 4.79 Å². The fourth-order valence-corrected chi connectivity index (χ4v) is 5.70. The fourth-order valence-electron chi connectivity index (χ4n) is 3.48. The molecule has 9 nitrogen and oxygen atoms in total. The topological polar surface area (TPSA) is 106 Å². The van der Waals surface area contributed by atoms with E-state index in [4.69, 9.17) is 14.2 Å². The summed E-state index contributed by atoms with van der Waals surface area (Å²) in [6.07, 6.45) is 1.59. The first-order valence-electron chi connectivity index (χ1n) is 10.8. The number of carbonyl (C=O) groups is 1. The number of carbonyl (C=O) groups excluding carboxylic acids is 1. The number of ether oxygens (including phenoxy) is 3. The summed E-state index contributed by atoms with van der Waals surface area (Å²) in [5, 5.41) is 11.4. The second-order valence-electron chi connectivity index (χ2n) is 7.81. The molecule has 3 rings (SSSR count). The Morgan fingerprint density at radius 2 is 1.94 bits per heavy atom. The number of sulfonamides is 1. The number of aliphatic hydroxyl groups is 1. The van der Waals surface area contributed by atoms with Crippen LogP contribution in [0.2, 0.25) is 0 Å². The minimum absolute atomic E-state index is 0.0130. The molecule has 0 saturated carbocycles. The van der Waals surface area contributed by atoms with Gasteiger partial charge in [0.05, 0.1) is 25.2 Å². The smallest absolute Gasteiger partial charge is 0.288 e. The van der Waals surface area contributed by atoms with Crippen molar-refractivity contribution in [3.8, 4) is 5.75 Å². The zero-order valence-corrected chi connectivity index (χ0v) is 21.0. The molecule has 11 heteroatoms. The summed E-state index contributed by atoms with van der Waals surface area (Å²) in [7, 11) is 0.949. The third-order valence-corrected chi connectivity index (χ3v) is 8.19. The van der Waals surface area contributed by atoms with Crippen LogP contribution in [0.3, 0.4) is 0 Å². The van der Waals surface area contributed by atoms with Crippen molar-refractivity contribution in [1.82, 2.24) is 9.21 Å². The molecule has 2 atom stereocenters.